The van der Waals surface area contributed by atoms with Crippen molar-refractivity contribution in [1.82, 2.24) is 9.27 Å². The number of benzene rings is 1. The van der Waals surface area contributed by atoms with Crippen LogP contribution >= 0.6 is 11.5 Å². The van der Waals surface area contributed by atoms with Crippen LogP contribution in [0.4, 0.5) is 4.79 Å². The highest BCUT2D eigenvalue weighted by molar-refractivity contribution is 7.13. The van der Waals surface area contributed by atoms with Gasteiger partial charge in [0.1, 0.15) is 0 Å². The first-order valence-electron chi connectivity index (χ1n) is 7.41. The molecule has 1 aliphatic heterocycles. The molecular weight excluding hydrogens is 296 g/mol. The smallest absolute Gasteiger partial charge is 0.407 e. The quantitative estimate of drug-likeness (QED) is 0.844. The fraction of sp³-hybridized carbons (Fsp3) is 0.412. The van der Waals surface area contributed by atoms with Crippen molar-refractivity contribution in [1.29, 1.82) is 0 Å². The van der Waals surface area contributed by atoms with Gasteiger partial charge in [-0.3, -0.25) is 0 Å². The fourth-order valence-corrected chi connectivity index (χ4v) is 3.86. The zero-order valence-electron chi connectivity index (χ0n) is 13.0. The van der Waals surface area contributed by atoms with E-state index in [4.69, 9.17) is 0 Å². The van der Waals surface area contributed by atoms with E-state index in [1.165, 1.54) is 11.5 Å². The van der Waals surface area contributed by atoms with Crippen LogP contribution in [0.15, 0.2) is 30.3 Å². The van der Waals surface area contributed by atoms with Crippen LogP contribution in [0.3, 0.4) is 0 Å². The number of hydrogen-bond donors (Lipinski definition) is 1. The van der Waals surface area contributed by atoms with Gasteiger partial charge in [0, 0.05) is 11.4 Å². The molecular formula is C17H20N2O2S. The Balaban J connectivity index is 1.99. The molecule has 0 saturated heterocycles. The van der Waals surface area contributed by atoms with Gasteiger partial charge >= 0.3 is 6.09 Å². The summed E-state index contributed by atoms with van der Waals surface area (Å²) in [4.78, 5) is 13.2. The molecule has 0 radical (unpaired) electrons. The monoisotopic (exact) mass is 316 g/mol. The van der Waals surface area contributed by atoms with Gasteiger partial charge in [0.15, 0.2) is 0 Å². The average molecular weight is 316 g/mol. The molecule has 2 aromatic rings. The molecule has 1 aromatic heterocycles. The summed E-state index contributed by atoms with van der Waals surface area (Å²) in [6.45, 7) is 6.67. The van der Waals surface area contributed by atoms with Crippen molar-refractivity contribution in [2.75, 3.05) is 6.54 Å². The zero-order valence-corrected chi connectivity index (χ0v) is 13.9. The Morgan fingerprint density at radius 3 is 2.77 bits per heavy atom. The highest BCUT2D eigenvalue weighted by atomic mass is 32.1. The molecule has 1 aromatic carbocycles. The zero-order chi connectivity index (χ0) is 15.9. The van der Waals surface area contributed by atoms with Gasteiger partial charge in [-0.1, -0.05) is 45.0 Å². The number of nitrogens with zero attached hydrogens (tertiary/aromatic N) is 2. The SMILES string of the molecule is CC(C)(C)C1CC=C(c2nsc3ccccc23)CN1C(=O)O. The molecule has 0 aliphatic carbocycles. The summed E-state index contributed by atoms with van der Waals surface area (Å²) in [7, 11) is 0. The van der Waals surface area contributed by atoms with Gasteiger partial charge in [-0.25, -0.2) is 4.79 Å². The summed E-state index contributed by atoms with van der Waals surface area (Å²) < 4.78 is 5.69. The van der Waals surface area contributed by atoms with Gasteiger partial charge in [-0.05, 0) is 35.0 Å². The highest BCUT2D eigenvalue weighted by Crippen LogP contribution is 2.36. The number of fused-ring (bicyclic) bond motifs is 1. The number of carbonyl (C=O) groups is 1. The van der Waals surface area contributed by atoms with E-state index in [1.807, 2.05) is 18.2 Å². The summed E-state index contributed by atoms with van der Waals surface area (Å²) in [5.41, 5.74) is 1.87. The molecule has 1 amide bonds. The maximum atomic E-state index is 11.7. The van der Waals surface area contributed by atoms with Crippen molar-refractivity contribution in [3.63, 3.8) is 0 Å². The Morgan fingerprint density at radius 1 is 1.36 bits per heavy atom. The molecule has 3 rings (SSSR count). The first-order chi connectivity index (χ1) is 10.4. The van der Waals surface area contributed by atoms with Gasteiger partial charge in [-0.15, -0.1) is 0 Å². The Kier molecular flexibility index (Phi) is 3.68. The first kappa shape index (κ1) is 15.0. The van der Waals surface area contributed by atoms with E-state index in [-0.39, 0.29) is 11.5 Å². The van der Waals surface area contributed by atoms with Gasteiger partial charge in [-0.2, -0.15) is 4.37 Å². The molecule has 0 fully saturated rings. The second-order valence-corrected chi connectivity index (χ2v) is 7.59. The van der Waals surface area contributed by atoms with E-state index in [2.05, 4.69) is 37.3 Å². The molecule has 2 heterocycles. The second kappa shape index (κ2) is 5.39. The molecule has 4 nitrogen and oxygen atoms in total. The summed E-state index contributed by atoms with van der Waals surface area (Å²) in [6.07, 6.45) is 2.04. The average Bonchev–Trinajstić information content (AvgIpc) is 2.89. The van der Waals surface area contributed by atoms with E-state index in [9.17, 15) is 9.90 Å². The predicted molar refractivity (Wildman–Crippen MR) is 90.2 cm³/mol. The van der Waals surface area contributed by atoms with Crippen molar-refractivity contribution >= 4 is 33.3 Å². The maximum Gasteiger partial charge on any atom is 0.407 e. The summed E-state index contributed by atoms with van der Waals surface area (Å²) >= 11 is 1.47. The van der Waals surface area contributed by atoms with Gasteiger partial charge in [0.25, 0.3) is 0 Å². The molecule has 1 N–H and O–H groups in total. The van der Waals surface area contributed by atoms with Crippen LogP contribution in [0.25, 0.3) is 15.7 Å². The second-order valence-electron chi connectivity index (χ2n) is 6.78. The molecule has 1 aliphatic rings. The Labute approximate surface area is 134 Å². The van der Waals surface area contributed by atoms with Crippen molar-refractivity contribution in [3.8, 4) is 0 Å². The fourth-order valence-electron chi connectivity index (χ4n) is 3.05. The van der Waals surface area contributed by atoms with Crippen LogP contribution in [-0.2, 0) is 0 Å². The Hall–Kier alpha value is -1.88. The molecule has 0 saturated carbocycles. The van der Waals surface area contributed by atoms with E-state index in [1.54, 1.807) is 4.90 Å². The third kappa shape index (κ3) is 2.61. The van der Waals surface area contributed by atoms with Crippen molar-refractivity contribution in [2.45, 2.75) is 33.2 Å². The third-order valence-electron chi connectivity index (χ3n) is 4.23. The summed E-state index contributed by atoms with van der Waals surface area (Å²) in [5, 5.41) is 10.7. The molecule has 1 atom stereocenters. The van der Waals surface area contributed by atoms with Crippen LogP contribution < -0.4 is 0 Å². The lowest BCUT2D eigenvalue weighted by molar-refractivity contribution is 0.0886. The number of hydrogen-bond acceptors (Lipinski definition) is 3. The predicted octanol–water partition coefficient (Wildman–Crippen LogP) is 4.48. The number of aromatic nitrogens is 1. The van der Waals surface area contributed by atoms with E-state index < -0.39 is 6.09 Å². The molecule has 0 spiro atoms. The molecule has 0 bridgehead atoms. The minimum atomic E-state index is -0.856. The molecule has 1 unspecified atom stereocenters. The lowest BCUT2D eigenvalue weighted by Gasteiger charge is -2.41. The normalized spacial score (nSPS) is 19.3. The lowest BCUT2D eigenvalue weighted by Crippen LogP contribution is -2.49. The van der Waals surface area contributed by atoms with E-state index in [0.29, 0.717) is 6.54 Å². The first-order valence-corrected chi connectivity index (χ1v) is 8.18. The van der Waals surface area contributed by atoms with Crippen LogP contribution in [0.5, 0.6) is 0 Å². The molecule has 22 heavy (non-hydrogen) atoms. The standard InChI is InChI=1S/C17H20N2O2S/c1-17(2,3)14-9-8-11(10-19(14)16(20)21)15-12-6-4-5-7-13(12)22-18-15/h4-8,14H,9-10H2,1-3H3,(H,20,21). The third-order valence-corrected chi connectivity index (χ3v) is 5.06. The Morgan fingerprint density at radius 2 is 2.09 bits per heavy atom. The van der Waals surface area contributed by atoms with Gasteiger partial charge < -0.3 is 10.0 Å². The van der Waals surface area contributed by atoms with E-state index >= 15 is 0 Å². The van der Waals surface area contributed by atoms with Crippen LogP contribution in [0.2, 0.25) is 0 Å². The lowest BCUT2D eigenvalue weighted by atomic mass is 9.81. The number of amides is 1. The molecule has 116 valence electrons. The van der Waals surface area contributed by atoms with Gasteiger partial charge in [0.05, 0.1) is 16.9 Å². The van der Waals surface area contributed by atoms with Gasteiger partial charge in [0.2, 0.25) is 0 Å². The summed E-state index contributed by atoms with van der Waals surface area (Å²) in [6, 6.07) is 8.09. The van der Waals surface area contributed by atoms with Crippen LogP contribution in [-0.4, -0.2) is 33.1 Å². The largest absolute Gasteiger partial charge is 0.465 e. The minimum Gasteiger partial charge on any atom is -0.465 e. The number of rotatable bonds is 1. The minimum absolute atomic E-state index is 0.00125. The topological polar surface area (TPSA) is 53.4 Å². The van der Waals surface area contributed by atoms with Crippen molar-refractivity contribution in [2.24, 2.45) is 5.41 Å². The highest BCUT2D eigenvalue weighted by Gasteiger charge is 2.36. The Bertz CT molecular complexity index is 742. The summed E-state index contributed by atoms with van der Waals surface area (Å²) in [5.74, 6) is 0. The van der Waals surface area contributed by atoms with E-state index in [0.717, 1.165) is 27.8 Å². The van der Waals surface area contributed by atoms with Crippen LogP contribution in [0.1, 0.15) is 32.9 Å². The van der Waals surface area contributed by atoms with Crippen molar-refractivity contribution in [3.05, 3.63) is 36.0 Å². The van der Waals surface area contributed by atoms with Crippen LogP contribution in [0, 0.1) is 5.41 Å². The maximum absolute atomic E-state index is 11.7. The van der Waals surface area contributed by atoms with Crippen molar-refractivity contribution < 1.29 is 9.90 Å². The number of carboxylic acid groups (broad SMARTS) is 1. The molecule has 5 heteroatoms.